The largest absolute Gasteiger partial charge is 0.299 e. The Morgan fingerprint density at radius 2 is 1.75 bits per heavy atom. The van der Waals surface area contributed by atoms with Gasteiger partial charge in [-0.3, -0.25) is 9.69 Å². The van der Waals surface area contributed by atoms with E-state index >= 15 is 0 Å². The van der Waals surface area contributed by atoms with Crippen LogP contribution in [0.25, 0.3) is 0 Å². The van der Waals surface area contributed by atoms with Gasteiger partial charge in [-0.1, -0.05) is 41.9 Å². The molecule has 0 aliphatic carbocycles. The Balaban J connectivity index is 1.82. The van der Waals surface area contributed by atoms with Crippen LogP contribution < -0.4 is 0 Å². The van der Waals surface area contributed by atoms with Gasteiger partial charge in [0.15, 0.2) is 5.78 Å². The Morgan fingerprint density at radius 1 is 1.05 bits per heavy atom. The van der Waals surface area contributed by atoms with Crippen LogP contribution >= 0.6 is 11.6 Å². The fourth-order valence-electron chi connectivity index (χ4n) is 2.41. The van der Waals surface area contributed by atoms with Crippen molar-refractivity contribution in [3.05, 3.63) is 70.2 Å². The van der Waals surface area contributed by atoms with E-state index in [1.54, 1.807) is 24.3 Å². The van der Waals surface area contributed by atoms with Crippen LogP contribution in [0.4, 0.5) is 0 Å². The van der Waals surface area contributed by atoms with Crippen molar-refractivity contribution < 1.29 is 4.79 Å². The molecule has 2 aromatic rings. The van der Waals surface area contributed by atoms with Gasteiger partial charge in [-0.25, -0.2) is 0 Å². The SMILES string of the molecule is O=C(c1cccc(Cl)c1)c1cccc(CN2CCC2)c1. The third-order valence-corrected chi connectivity index (χ3v) is 3.87. The lowest BCUT2D eigenvalue weighted by molar-refractivity contribution is 0.103. The van der Waals surface area contributed by atoms with E-state index in [0.717, 1.165) is 25.2 Å². The summed E-state index contributed by atoms with van der Waals surface area (Å²) in [5.41, 5.74) is 2.56. The van der Waals surface area contributed by atoms with Crippen molar-refractivity contribution in [3.8, 4) is 0 Å². The number of carbonyl (C=O) groups is 1. The fraction of sp³-hybridized carbons (Fsp3) is 0.235. The van der Waals surface area contributed by atoms with Gasteiger partial charge < -0.3 is 0 Å². The quantitative estimate of drug-likeness (QED) is 0.797. The Kier molecular flexibility index (Phi) is 3.86. The minimum Gasteiger partial charge on any atom is -0.299 e. The average Bonchev–Trinajstić information content (AvgIpc) is 2.42. The summed E-state index contributed by atoms with van der Waals surface area (Å²) < 4.78 is 0. The zero-order valence-electron chi connectivity index (χ0n) is 11.2. The first-order valence-electron chi connectivity index (χ1n) is 6.84. The maximum absolute atomic E-state index is 12.4. The summed E-state index contributed by atoms with van der Waals surface area (Å²) in [4.78, 5) is 14.8. The van der Waals surface area contributed by atoms with Crippen molar-refractivity contribution in [1.29, 1.82) is 0 Å². The average molecular weight is 286 g/mol. The van der Waals surface area contributed by atoms with Crippen LogP contribution in [0, 0.1) is 0 Å². The van der Waals surface area contributed by atoms with Crippen LogP contribution in [-0.2, 0) is 6.54 Å². The molecule has 2 aromatic carbocycles. The van der Waals surface area contributed by atoms with E-state index in [1.165, 1.54) is 12.0 Å². The van der Waals surface area contributed by atoms with Gasteiger partial charge in [0.2, 0.25) is 0 Å². The number of rotatable bonds is 4. The second kappa shape index (κ2) is 5.78. The molecule has 0 N–H and O–H groups in total. The molecule has 3 rings (SSSR count). The van der Waals surface area contributed by atoms with Gasteiger partial charge in [-0.05, 0) is 43.3 Å². The first-order valence-corrected chi connectivity index (χ1v) is 7.22. The molecule has 0 saturated carbocycles. The van der Waals surface area contributed by atoms with Gasteiger partial charge in [0.25, 0.3) is 0 Å². The highest BCUT2D eigenvalue weighted by Crippen LogP contribution is 2.18. The van der Waals surface area contributed by atoms with Crippen molar-refractivity contribution in [1.82, 2.24) is 4.90 Å². The predicted molar refractivity (Wildman–Crippen MR) is 81.2 cm³/mol. The Hall–Kier alpha value is -1.64. The van der Waals surface area contributed by atoms with Crippen molar-refractivity contribution >= 4 is 17.4 Å². The van der Waals surface area contributed by atoms with Gasteiger partial charge in [0.05, 0.1) is 0 Å². The zero-order valence-corrected chi connectivity index (χ0v) is 11.9. The van der Waals surface area contributed by atoms with E-state index in [2.05, 4.69) is 11.0 Å². The van der Waals surface area contributed by atoms with Crippen molar-refractivity contribution in [3.63, 3.8) is 0 Å². The number of hydrogen-bond acceptors (Lipinski definition) is 2. The molecular formula is C17H16ClNO. The first kappa shape index (κ1) is 13.3. The normalized spacial score (nSPS) is 14.8. The minimum absolute atomic E-state index is 0.0259. The van der Waals surface area contributed by atoms with Gasteiger partial charge in [-0.2, -0.15) is 0 Å². The number of nitrogens with zero attached hydrogens (tertiary/aromatic N) is 1. The lowest BCUT2D eigenvalue weighted by Gasteiger charge is -2.30. The topological polar surface area (TPSA) is 20.3 Å². The zero-order chi connectivity index (χ0) is 13.9. The predicted octanol–water partition coefficient (Wildman–Crippen LogP) is 3.78. The number of benzene rings is 2. The van der Waals surface area contributed by atoms with Gasteiger partial charge >= 0.3 is 0 Å². The van der Waals surface area contributed by atoms with Crippen LogP contribution in [0.15, 0.2) is 48.5 Å². The molecule has 2 nitrogen and oxygen atoms in total. The summed E-state index contributed by atoms with van der Waals surface area (Å²) in [6.07, 6.45) is 1.28. The molecule has 1 fully saturated rings. The second-order valence-electron chi connectivity index (χ2n) is 5.17. The molecule has 0 spiro atoms. The van der Waals surface area contributed by atoms with Crippen molar-refractivity contribution in [2.75, 3.05) is 13.1 Å². The molecule has 0 bridgehead atoms. The molecule has 0 amide bonds. The van der Waals surface area contributed by atoms with E-state index < -0.39 is 0 Å². The molecule has 3 heteroatoms. The molecule has 0 unspecified atom stereocenters. The van der Waals surface area contributed by atoms with Crippen LogP contribution in [-0.4, -0.2) is 23.8 Å². The lowest BCUT2D eigenvalue weighted by atomic mass is 10.0. The van der Waals surface area contributed by atoms with Crippen LogP contribution in [0.5, 0.6) is 0 Å². The highest BCUT2D eigenvalue weighted by atomic mass is 35.5. The van der Waals surface area contributed by atoms with E-state index in [9.17, 15) is 4.79 Å². The molecule has 1 aliphatic heterocycles. The van der Waals surface area contributed by atoms with E-state index in [1.807, 2.05) is 18.2 Å². The van der Waals surface area contributed by atoms with Crippen LogP contribution in [0.2, 0.25) is 5.02 Å². The molecule has 0 aromatic heterocycles. The Bertz CT molecular complexity index is 634. The van der Waals surface area contributed by atoms with Crippen molar-refractivity contribution in [2.45, 2.75) is 13.0 Å². The summed E-state index contributed by atoms with van der Waals surface area (Å²) in [6.45, 7) is 3.25. The smallest absolute Gasteiger partial charge is 0.193 e. The maximum Gasteiger partial charge on any atom is 0.193 e. The standard InChI is InChI=1S/C17H16ClNO/c18-16-7-2-6-15(11-16)17(20)14-5-1-4-13(10-14)12-19-8-3-9-19/h1-2,4-7,10-11H,3,8-9,12H2. The molecule has 1 aliphatic rings. The Labute approximate surface area is 124 Å². The first-order chi connectivity index (χ1) is 9.72. The van der Waals surface area contributed by atoms with Gasteiger partial charge in [0, 0.05) is 22.7 Å². The lowest BCUT2D eigenvalue weighted by Crippen LogP contribution is -2.36. The highest BCUT2D eigenvalue weighted by molar-refractivity contribution is 6.31. The van der Waals surface area contributed by atoms with E-state index in [-0.39, 0.29) is 5.78 Å². The summed E-state index contributed by atoms with van der Waals surface area (Å²) in [5, 5.41) is 0.590. The monoisotopic (exact) mass is 285 g/mol. The number of likely N-dealkylation sites (tertiary alicyclic amines) is 1. The van der Waals surface area contributed by atoms with E-state index in [0.29, 0.717) is 10.6 Å². The second-order valence-corrected chi connectivity index (χ2v) is 5.61. The highest BCUT2D eigenvalue weighted by Gasteiger charge is 2.15. The molecule has 0 radical (unpaired) electrons. The van der Waals surface area contributed by atoms with Crippen molar-refractivity contribution in [2.24, 2.45) is 0 Å². The van der Waals surface area contributed by atoms with Gasteiger partial charge in [0.1, 0.15) is 0 Å². The number of carbonyl (C=O) groups excluding carboxylic acids is 1. The molecule has 20 heavy (non-hydrogen) atoms. The summed E-state index contributed by atoms with van der Waals surface area (Å²) >= 11 is 5.94. The molecule has 0 atom stereocenters. The molecule has 1 heterocycles. The van der Waals surface area contributed by atoms with Crippen LogP contribution in [0.3, 0.4) is 0 Å². The molecule has 1 saturated heterocycles. The number of hydrogen-bond donors (Lipinski definition) is 0. The van der Waals surface area contributed by atoms with Crippen LogP contribution in [0.1, 0.15) is 27.9 Å². The number of halogens is 1. The molecule has 102 valence electrons. The maximum atomic E-state index is 12.4. The third kappa shape index (κ3) is 2.92. The molecular weight excluding hydrogens is 270 g/mol. The fourth-order valence-corrected chi connectivity index (χ4v) is 2.60. The summed E-state index contributed by atoms with van der Waals surface area (Å²) in [5.74, 6) is 0.0259. The summed E-state index contributed by atoms with van der Waals surface area (Å²) in [7, 11) is 0. The summed E-state index contributed by atoms with van der Waals surface area (Å²) in [6, 6.07) is 15.0. The van der Waals surface area contributed by atoms with E-state index in [4.69, 9.17) is 11.6 Å². The third-order valence-electron chi connectivity index (χ3n) is 3.63. The number of ketones is 1. The minimum atomic E-state index is 0.0259. The Morgan fingerprint density at radius 3 is 2.40 bits per heavy atom. The van der Waals surface area contributed by atoms with Gasteiger partial charge in [-0.15, -0.1) is 0 Å².